The maximum absolute atomic E-state index is 13.1. The minimum Gasteiger partial charge on any atom is -0.298 e. The van der Waals surface area contributed by atoms with Crippen molar-refractivity contribution in [2.45, 2.75) is 69.0 Å². The van der Waals surface area contributed by atoms with Crippen LogP contribution in [0.3, 0.4) is 0 Å². The molecule has 0 spiro atoms. The van der Waals surface area contributed by atoms with Gasteiger partial charge in [0.05, 0.1) is 6.07 Å². The highest BCUT2D eigenvalue weighted by Crippen LogP contribution is 2.65. The van der Waals surface area contributed by atoms with E-state index in [0.717, 1.165) is 42.5 Å². The van der Waals surface area contributed by atoms with E-state index in [1.54, 1.807) is 0 Å². The molecule has 3 unspecified atom stereocenters. The van der Waals surface area contributed by atoms with Gasteiger partial charge in [-0.05, 0) is 75.7 Å². The highest BCUT2D eigenvalue weighted by atomic mass is 79.9. The summed E-state index contributed by atoms with van der Waals surface area (Å²) in [5.74, 6) is 1.03. The van der Waals surface area contributed by atoms with Crippen molar-refractivity contribution < 1.29 is 4.79 Å². The summed E-state index contributed by atoms with van der Waals surface area (Å²) in [6, 6.07) is 4.05. The van der Waals surface area contributed by atoms with E-state index in [9.17, 15) is 10.1 Å². The smallest absolute Gasteiger partial charge is 0.164 e. The van der Waals surface area contributed by atoms with Gasteiger partial charge >= 0.3 is 0 Å². The molecule has 0 radical (unpaired) electrons. The van der Waals surface area contributed by atoms with Crippen LogP contribution in [0.25, 0.3) is 0 Å². The van der Waals surface area contributed by atoms with Crippen LogP contribution in [0, 0.1) is 42.4 Å². The quantitative estimate of drug-likeness (QED) is 0.701. The van der Waals surface area contributed by atoms with Gasteiger partial charge in [-0.2, -0.15) is 5.26 Å². The molecule has 0 N–H and O–H groups in total. The molecule has 4 saturated carbocycles. The highest BCUT2D eigenvalue weighted by molar-refractivity contribution is 9.10. The summed E-state index contributed by atoms with van der Waals surface area (Å²) in [5.41, 5.74) is 1.70. The average Bonchev–Trinajstić information content (AvgIpc) is 2.43. The molecule has 4 fully saturated rings. The normalized spacial score (nSPS) is 36.9. The Balaban J connectivity index is 1.58. The zero-order chi connectivity index (χ0) is 17.8. The van der Waals surface area contributed by atoms with Crippen molar-refractivity contribution in [3.8, 4) is 6.07 Å². The van der Waals surface area contributed by atoms with Gasteiger partial charge in [-0.1, -0.05) is 15.9 Å². The van der Waals surface area contributed by atoms with Gasteiger partial charge in [0.1, 0.15) is 0 Å². The molecule has 4 aliphatic carbocycles. The number of Topliss-reactive ketones (excluding diaryl/α,β-unsaturated/α-hetero) is 1. The predicted molar refractivity (Wildman–Crippen MR) is 98.3 cm³/mol. The Labute approximate surface area is 157 Å². The van der Waals surface area contributed by atoms with E-state index in [0.29, 0.717) is 12.2 Å². The number of halogens is 1. The van der Waals surface area contributed by atoms with Crippen molar-refractivity contribution in [2.75, 3.05) is 0 Å². The third-order valence-corrected chi connectivity index (χ3v) is 7.30. The standard InChI is InChI=1S/C20H24BrN3O/c1-12-3-13(2)24-18(23-12)16(10-22)17(25)9-19-5-14-4-15(6-19)8-20(21,7-14)11-19/h3,14-16H,4-9,11H2,1-2H3. The molecule has 5 rings (SSSR count). The summed E-state index contributed by atoms with van der Waals surface area (Å²) >= 11 is 4.00. The molecule has 5 heteroatoms. The Morgan fingerprint density at radius 1 is 1.28 bits per heavy atom. The van der Waals surface area contributed by atoms with Crippen LogP contribution in [-0.2, 0) is 4.79 Å². The van der Waals surface area contributed by atoms with Gasteiger partial charge in [-0.3, -0.25) is 4.79 Å². The molecule has 4 bridgehead atoms. The number of aryl methyl sites for hydroxylation is 2. The number of rotatable bonds is 4. The van der Waals surface area contributed by atoms with E-state index >= 15 is 0 Å². The number of hydrogen-bond acceptors (Lipinski definition) is 4. The Bertz CT molecular complexity index is 734. The molecule has 0 aliphatic heterocycles. The van der Waals surface area contributed by atoms with Crippen molar-refractivity contribution in [1.29, 1.82) is 5.26 Å². The van der Waals surface area contributed by atoms with E-state index in [4.69, 9.17) is 0 Å². The molecule has 1 aromatic heterocycles. The molecular formula is C20H24BrN3O. The van der Waals surface area contributed by atoms with Gasteiger partial charge in [0.15, 0.2) is 17.5 Å². The fraction of sp³-hybridized carbons (Fsp3) is 0.700. The molecule has 4 aliphatic rings. The van der Waals surface area contributed by atoms with Crippen LogP contribution in [0.1, 0.15) is 68.1 Å². The molecule has 3 atom stereocenters. The third-order valence-electron chi connectivity index (χ3n) is 6.37. The maximum atomic E-state index is 13.1. The molecule has 0 amide bonds. The molecule has 1 heterocycles. The Morgan fingerprint density at radius 2 is 1.88 bits per heavy atom. The van der Waals surface area contributed by atoms with Crippen molar-refractivity contribution in [3.63, 3.8) is 0 Å². The number of hydrogen-bond donors (Lipinski definition) is 0. The molecule has 0 saturated heterocycles. The van der Waals surface area contributed by atoms with Crippen LogP contribution in [0.2, 0.25) is 0 Å². The number of ketones is 1. The summed E-state index contributed by atoms with van der Waals surface area (Å²) in [6.07, 6.45) is 7.70. The third kappa shape index (κ3) is 3.14. The molecule has 1 aromatic rings. The van der Waals surface area contributed by atoms with Gasteiger partial charge in [-0.25, -0.2) is 9.97 Å². The topological polar surface area (TPSA) is 66.6 Å². The average molecular weight is 402 g/mol. The van der Waals surface area contributed by atoms with Gasteiger partial charge in [0, 0.05) is 22.1 Å². The molecule has 0 aromatic carbocycles. The summed E-state index contributed by atoms with van der Waals surface area (Å²) < 4.78 is 0.232. The summed E-state index contributed by atoms with van der Waals surface area (Å²) in [5, 5.41) is 9.64. The van der Waals surface area contributed by atoms with Crippen LogP contribution in [0.15, 0.2) is 6.07 Å². The predicted octanol–water partition coefficient (Wildman–Crippen LogP) is 4.39. The number of nitrogens with zero attached hydrogens (tertiary/aromatic N) is 3. The molecular weight excluding hydrogens is 378 g/mol. The number of aromatic nitrogens is 2. The van der Waals surface area contributed by atoms with Gasteiger partial charge in [0.2, 0.25) is 0 Å². The Hall–Kier alpha value is -1.28. The summed E-state index contributed by atoms with van der Waals surface area (Å²) in [7, 11) is 0. The Morgan fingerprint density at radius 3 is 2.40 bits per heavy atom. The monoisotopic (exact) mass is 401 g/mol. The van der Waals surface area contributed by atoms with Crippen molar-refractivity contribution >= 4 is 21.7 Å². The number of nitriles is 1. The summed E-state index contributed by atoms with van der Waals surface area (Å²) in [4.78, 5) is 21.8. The Kier molecular flexibility index (Phi) is 4.03. The van der Waals surface area contributed by atoms with E-state index < -0.39 is 5.92 Å². The highest BCUT2D eigenvalue weighted by Gasteiger charge is 2.57. The zero-order valence-corrected chi connectivity index (χ0v) is 16.5. The maximum Gasteiger partial charge on any atom is 0.164 e. The first-order valence-corrected chi connectivity index (χ1v) is 10.0. The number of alkyl halides is 1. The van der Waals surface area contributed by atoms with E-state index in [-0.39, 0.29) is 15.5 Å². The van der Waals surface area contributed by atoms with Crippen molar-refractivity contribution in [2.24, 2.45) is 17.3 Å². The lowest BCUT2D eigenvalue weighted by atomic mass is 9.48. The van der Waals surface area contributed by atoms with Crippen LogP contribution in [0.4, 0.5) is 0 Å². The molecule has 4 nitrogen and oxygen atoms in total. The minimum atomic E-state index is -0.835. The fourth-order valence-electron chi connectivity index (χ4n) is 6.17. The van der Waals surface area contributed by atoms with Crippen LogP contribution in [0.5, 0.6) is 0 Å². The van der Waals surface area contributed by atoms with Gasteiger partial charge < -0.3 is 0 Å². The molecule has 25 heavy (non-hydrogen) atoms. The lowest BCUT2D eigenvalue weighted by molar-refractivity contribution is -0.126. The first-order chi connectivity index (χ1) is 11.8. The van der Waals surface area contributed by atoms with Crippen LogP contribution in [-0.4, -0.2) is 20.1 Å². The lowest BCUT2D eigenvalue weighted by Crippen LogP contribution is -2.53. The fourth-order valence-corrected chi connectivity index (χ4v) is 7.68. The lowest BCUT2D eigenvalue weighted by Gasteiger charge is -2.60. The second-order valence-corrected chi connectivity index (χ2v) is 10.5. The SMILES string of the molecule is Cc1cc(C)nc(C(C#N)C(=O)CC23CC4CC(CC(Br)(C4)C2)C3)n1. The van der Waals surface area contributed by atoms with E-state index in [1.165, 1.54) is 19.3 Å². The summed E-state index contributed by atoms with van der Waals surface area (Å²) in [6.45, 7) is 3.76. The minimum absolute atomic E-state index is 0.00514. The number of carbonyl (C=O) groups excluding carboxylic acids is 1. The number of carbonyl (C=O) groups is 1. The van der Waals surface area contributed by atoms with E-state index in [1.807, 2.05) is 19.9 Å². The second-order valence-electron chi connectivity index (χ2n) is 8.83. The zero-order valence-electron chi connectivity index (χ0n) is 14.9. The second kappa shape index (κ2) is 5.87. The van der Waals surface area contributed by atoms with Gasteiger partial charge in [-0.15, -0.1) is 0 Å². The van der Waals surface area contributed by atoms with Crippen LogP contribution < -0.4 is 0 Å². The van der Waals surface area contributed by atoms with Crippen LogP contribution >= 0.6 is 15.9 Å². The first-order valence-electron chi connectivity index (χ1n) is 9.23. The van der Waals surface area contributed by atoms with Gasteiger partial charge in [0.25, 0.3) is 0 Å². The first kappa shape index (κ1) is 17.1. The molecule has 132 valence electrons. The van der Waals surface area contributed by atoms with Crippen molar-refractivity contribution in [3.05, 3.63) is 23.3 Å². The largest absolute Gasteiger partial charge is 0.298 e. The van der Waals surface area contributed by atoms with E-state index in [2.05, 4.69) is 32.0 Å². The van der Waals surface area contributed by atoms with Crippen molar-refractivity contribution in [1.82, 2.24) is 9.97 Å².